The molecule has 0 bridgehead atoms. The molecule has 0 unspecified atom stereocenters. The first kappa shape index (κ1) is 9.86. The molecule has 0 aliphatic heterocycles. The third-order valence-corrected chi connectivity index (χ3v) is 2.20. The fourth-order valence-corrected chi connectivity index (χ4v) is 1.53. The van der Waals surface area contributed by atoms with Gasteiger partial charge < -0.3 is 19.6 Å². The zero-order valence-electron chi connectivity index (χ0n) is 8.49. The van der Waals surface area contributed by atoms with E-state index in [1.165, 1.54) is 0 Å². The minimum absolute atomic E-state index is 0.0136. The number of aromatic amines is 1. The van der Waals surface area contributed by atoms with Crippen LogP contribution >= 0.6 is 0 Å². The zero-order valence-corrected chi connectivity index (χ0v) is 8.49. The van der Waals surface area contributed by atoms with Crippen molar-refractivity contribution in [2.24, 2.45) is 0 Å². The second-order valence-electron chi connectivity index (χ2n) is 3.11. The Hall–Kier alpha value is -1.68. The third-order valence-electron chi connectivity index (χ3n) is 2.20. The van der Waals surface area contributed by atoms with Crippen molar-refractivity contribution in [3.63, 3.8) is 0 Å². The van der Waals surface area contributed by atoms with E-state index < -0.39 is 0 Å². The first-order chi connectivity index (χ1) is 7.36. The van der Waals surface area contributed by atoms with Gasteiger partial charge >= 0.3 is 0 Å². The molecule has 0 radical (unpaired) electrons. The number of methoxy groups -OCH3 is 1. The maximum absolute atomic E-state index is 8.74. The van der Waals surface area contributed by atoms with Crippen LogP contribution in [-0.2, 0) is 0 Å². The van der Waals surface area contributed by atoms with Gasteiger partial charge in [0, 0.05) is 11.6 Å². The molecular weight excluding hydrogens is 194 g/mol. The Morgan fingerprint density at radius 2 is 2.20 bits per heavy atom. The standard InChI is InChI=1S/C11H13NO3/c1-14-9-3-2-8-4-5-12-10(8)11(9)15-7-6-13/h2-5,12-13H,6-7H2,1H3. The van der Waals surface area contributed by atoms with E-state index in [-0.39, 0.29) is 13.2 Å². The van der Waals surface area contributed by atoms with Gasteiger partial charge in [-0.05, 0) is 18.2 Å². The van der Waals surface area contributed by atoms with Crippen molar-refractivity contribution in [1.82, 2.24) is 4.98 Å². The van der Waals surface area contributed by atoms with Gasteiger partial charge in [0.1, 0.15) is 6.61 Å². The summed E-state index contributed by atoms with van der Waals surface area (Å²) in [5, 5.41) is 9.80. The second-order valence-corrected chi connectivity index (χ2v) is 3.11. The number of aliphatic hydroxyl groups excluding tert-OH is 1. The van der Waals surface area contributed by atoms with Crippen LogP contribution in [0, 0.1) is 0 Å². The van der Waals surface area contributed by atoms with Gasteiger partial charge in [0.25, 0.3) is 0 Å². The van der Waals surface area contributed by atoms with Gasteiger partial charge in [-0.25, -0.2) is 0 Å². The summed E-state index contributed by atoms with van der Waals surface area (Å²) in [6.07, 6.45) is 1.84. The average Bonchev–Trinajstić information content (AvgIpc) is 2.73. The molecule has 4 nitrogen and oxygen atoms in total. The quantitative estimate of drug-likeness (QED) is 0.799. The lowest BCUT2D eigenvalue weighted by Gasteiger charge is -2.10. The van der Waals surface area contributed by atoms with Gasteiger partial charge in [0.15, 0.2) is 11.5 Å². The van der Waals surface area contributed by atoms with Gasteiger partial charge in [0.05, 0.1) is 19.2 Å². The van der Waals surface area contributed by atoms with Gasteiger partial charge in [-0.15, -0.1) is 0 Å². The van der Waals surface area contributed by atoms with Crippen molar-refractivity contribution in [3.05, 3.63) is 24.4 Å². The number of aliphatic hydroxyl groups is 1. The molecule has 4 heteroatoms. The van der Waals surface area contributed by atoms with Crippen molar-refractivity contribution < 1.29 is 14.6 Å². The maximum Gasteiger partial charge on any atom is 0.185 e. The van der Waals surface area contributed by atoms with Crippen LogP contribution in [0.3, 0.4) is 0 Å². The lowest BCUT2D eigenvalue weighted by molar-refractivity contribution is 0.198. The molecule has 0 atom stereocenters. The molecule has 1 aromatic carbocycles. The smallest absolute Gasteiger partial charge is 0.185 e. The Labute approximate surface area is 87.4 Å². The van der Waals surface area contributed by atoms with E-state index in [9.17, 15) is 0 Å². The van der Waals surface area contributed by atoms with Crippen LogP contribution in [0.25, 0.3) is 10.9 Å². The van der Waals surface area contributed by atoms with Gasteiger partial charge in [-0.2, -0.15) is 0 Å². The van der Waals surface area contributed by atoms with E-state index in [2.05, 4.69) is 4.98 Å². The van der Waals surface area contributed by atoms with Crippen LogP contribution < -0.4 is 9.47 Å². The van der Waals surface area contributed by atoms with Crippen molar-refractivity contribution in [2.75, 3.05) is 20.3 Å². The van der Waals surface area contributed by atoms with E-state index in [0.717, 1.165) is 10.9 Å². The summed E-state index contributed by atoms with van der Waals surface area (Å²) < 4.78 is 10.6. The highest BCUT2D eigenvalue weighted by Crippen LogP contribution is 2.34. The molecule has 80 valence electrons. The molecule has 2 rings (SSSR count). The molecule has 0 aliphatic rings. The average molecular weight is 207 g/mol. The Balaban J connectivity index is 2.48. The predicted molar refractivity (Wildman–Crippen MR) is 57.4 cm³/mol. The summed E-state index contributed by atoms with van der Waals surface area (Å²) in [4.78, 5) is 3.09. The lowest BCUT2D eigenvalue weighted by Crippen LogP contribution is -2.03. The van der Waals surface area contributed by atoms with E-state index in [1.54, 1.807) is 7.11 Å². The Kier molecular flexibility index (Phi) is 2.78. The van der Waals surface area contributed by atoms with Crippen LogP contribution in [0.1, 0.15) is 0 Å². The summed E-state index contributed by atoms with van der Waals surface area (Å²) in [5.74, 6) is 1.31. The number of H-pyrrole nitrogens is 1. The molecule has 1 heterocycles. The summed E-state index contributed by atoms with van der Waals surface area (Å²) in [5.41, 5.74) is 0.891. The Morgan fingerprint density at radius 1 is 1.33 bits per heavy atom. The van der Waals surface area contributed by atoms with Gasteiger partial charge in [-0.3, -0.25) is 0 Å². The summed E-state index contributed by atoms with van der Waals surface area (Å²) in [7, 11) is 1.59. The molecule has 15 heavy (non-hydrogen) atoms. The van der Waals surface area contributed by atoms with Crippen molar-refractivity contribution in [1.29, 1.82) is 0 Å². The second kappa shape index (κ2) is 4.23. The lowest BCUT2D eigenvalue weighted by atomic mass is 10.2. The minimum Gasteiger partial charge on any atom is -0.493 e. The number of benzene rings is 1. The van der Waals surface area contributed by atoms with Gasteiger partial charge in [-0.1, -0.05) is 0 Å². The van der Waals surface area contributed by atoms with Crippen molar-refractivity contribution in [2.45, 2.75) is 0 Å². The number of hydrogen-bond acceptors (Lipinski definition) is 3. The molecule has 2 N–H and O–H groups in total. The summed E-state index contributed by atoms with van der Waals surface area (Å²) >= 11 is 0. The van der Waals surface area contributed by atoms with E-state index in [1.807, 2.05) is 24.4 Å². The maximum atomic E-state index is 8.74. The normalized spacial score (nSPS) is 10.5. The molecule has 0 saturated carbocycles. The van der Waals surface area contributed by atoms with E-state index >= 15 is 0 Å². The number of nitrogens with one attached hydrogen (secondary N) is 1. The van der Waals surface area contributed by atoms with Crippen molar-refractivity contribution in [3.8, 4) is 11.5 Å². The molecule has 0 aliphatic carbocycles. The number of fused-ring (bicyclic) bond motifs is 1. The summed E-state index contributed by atoms with van der Waals surface area (Å²) in [6.45, 7) is 0.245. The third kappa shape index (κ3) is 1.76. The van der Waals surface area contributed by atoms with Crippen LogP contribution in [0.4, 0.5) is 0 Å². The van der Waals surface area contributed by atoms with Crippen LogP contribution in [0.15, 0.2) is 24.4 Å². The molecule has 2 aromatic rings. The number of hydrogen-bond donors (Lipinski definition) is 2. The van der Waals surface area contributed by atoms with Crippen LogP contribution in [0.5, 0.6) is 11.5 Å². The Bertz CT molecular complexity index is 450. The van der Waals surface area contributed by atoms with Gasteiger partial charge in [0.2, 0.25) is 0 Å². The molecule has 0 spiro atoms. The van der Waals surface area contributed by atoms with E-state index in [0.29, 0.717) is 11.5 Å². The highest BCUT2D eigenvalue weighted by molar-refractivity contribution is 5.87. The SMILES string of the molecule is COc1ccc2cc[nH]c2c1OCCO. The fourth-order valence-electron chi connectivity index (χ4n) is 1.53. The first-order valence-corrected chi connectivity index (χ1v) is 4.74. The summed E-state index contributed by atoms with van der Waals surface area (Å²) in [6, 6.07) is 5.76. The molecule has 0 fully saturated rings. The highest BCUT2D eigenvalue weighted by Gasteiger charge is 2.09. The largest absolute Gasteiger partial charge is 0.493 e. The predicted octanol–water partition coefficient (Wildman–Crippen LogP) is 1.55. The number of ether oxygens (including phenoxy) is 2. The molecular formula is C11H13NO3. The number of aromatic nitrogens is 1. The first-order valence-electron chi connectivity index (χ1n) is 4.74. The molecule has 0 saturated heterocycles. The molecule has 0 amide bonds. The monoisotopic (exact) mass is 207 g/mol. The fraction of sp³-hybridized carbons (Fsp3) is 0.273. The topological polar surface area (TPSA) is 54.5 Å². The van der Waals surface area contributed by atoms with Crippen LogP contribution in [-0.4, -0.2) is 30.4 Å². The van der Waals surface area contributed by atoms with Crippen LogP contribution in [0.2, 0.25) is 0 Å². The minimum atomic E-state index is -0.0136. The molecule has 1 aromatic heterocycles. The zero-order chi connectivity index (χ0) is 10.7. The number of rotatable bonds is 4. The van der Waals surface area contributed by atoms with E-state index in [4.69, 9.17) is 14.6 Å². The highest BCUT2D eigenvalue weighted by atomic mass is 16.5. The Morgan fingerprint density at radius 3 is 2.93 bits per heavy atom. The van der Waals surface area contributed by atoms with Crippen molar-refractivity contribution >= 4 is 10.9 Å².